The molecule has 0 aromatic heterocycles. The Morgan fingerprint density at radius 1 is 1.18 bits per heavy atom. The number of hydrogen-bond acceptors (Lipinski definition) is 1. The van der Waals surface area contributed by atoms with Gasteiger partial charge in [-0.15, -0.1) is 0 Å². The van der Waals surface area contributed by atoms with Crippen LogP contribution in [0.5, 0.6) is 5.75 Å². The molecule has 1 heterocycles. The SMILES string of the molecule is Ic1ccc(OCCC[NH+]2CC[NH2+]CC2)cc1. The van der Waals surface area contributed by atoms with E-state index in [-0.39, 0.29) is 0 Å². The second-order valence-corrected chi connectivity index (χ2v) is 5.77. The summed E-state index contributed by atoms with van der Waals surface area (Å²) in [5.74, 6) is 0.993. The summed E-state index contributed by atoms with van der Waals surface area (Å²) in [4.78, 5) is 1.73. The number of nitrogens with one attached hydrogen (secondary N) is 1. The summed E-state index contributed by atoms with van der Waals surface area (Å²) in [6.45, 7) is 7.28. The molecule has 0 bridgehead atoms. The van der Waals surface area contributed by atoms with Crippen molar-refractivity contribution in [3.63, 3.8) is 0 Å². The lowest BCUT2D eigenvalue weighted by atomic mass is 10.3. The van der Waals surface area contributed by atoms with Crippen LogP contribution in [0.2, 0.25) is 0 Å². The van der Waals surface area contributed by atoms with Crippen LogP contribution >= 0.6 is 22.6 Å². The maximum absolute atomic E-state index is 5.73. The van der Waals surface area contributed by atoms with Gasteiger partial charge in [0, 0.05) is 9.99 Å². The number of nitrogens with two attached hydrogens (primary N) is 1. The Morgan fingerprint density at radius 3 is 2.59 bits per heavy atom. The first-order chi connectivity index (χ1) is 8.34. The van der Waals surface area contributed by atoms with Crippen molar-refractivity contribution in [3.05, 3.63) is 27.8 Å². The third kappa shape index (κ3) is 4.81. The summed E-state index contributed by atoms with van der Waals surface area (Å²) in [7, 11) is 0. The largest absolute Gasteiger partial charge is 0.493 e. The number of rotatable bonds is 5. The molecule has 17 heavy (non-hydrogen) atoms. The molecule has 94 valence electrons. The second kappa shape index (κ2) is 7.18. The summed E-state index contributed by atoms with van der Waals surface area (Å²) < 4.78 is 6.98. The van der Waals surface area contributed by atoms with E-state index in [1.54, 1.807) is 4.90 Å². The Bertz CT molecular complexity index is 323. The Labute approximate surface area is 117 Å². The van der Waals surface area contributed by atoms with Gasteiger partial charge in [0.2, 0.25) is 0 Å². The molecule has 1 aliphatic rings. The lowest BCUT2D eigenvalue weighted by molar-refractivity contribution is -0.946. The lowest BCUT2D eigenvalue weighted by Gasteiger charge is -2.22. The first-order valence-electron chi connectivity index (χ1n) is 6.38. The van der Waals surface area contributed by atoms with Crippen LogP contribution in [0.15, 0.2) is 24.3 Å². The van der Waals surface area contributed by atoms with Gasteiger partial charge in [0.1, 0.15) is 31.9 Å². The molecule has 0 aliphatic carbocycles. The van der Waals surface area contributed by atoms with Crippen molar-refractivity contribution in [1.82, 2.24) is 0 Å². The Balaban J connectivity index is 1.60. The quantitative estimate of drug-likeness (QED) is 0.547. The van der Waals surface area contributed by atoms with Crippen molar-refractivity contribution in [2.45, 2.75) is 6.42 Å². The highest BCUT2D eigenvalue weighted by Gasteiger charge is 2.14. The number of piperazine rings is 1. The zero-order chi connectivity index (χ0) is 11.9. The summed E-state index contributed by atoms with van der Waals surface area (Å²) in [6.07, 6.45) is 1.15. The summed E-state index contributed by atoms with van der Waals surface area (Å²) >= 11 is 2.31. The van der Waals surface area contributed by atoms with Crippen LogP contribution in [0, 0.1) is 3.57 Å². The smallest absolute Gasteiger partial charge is 0.127 e. The molecule has 1 aliphatic heterocycles. The monoisotopic (exact) mass is 348 g/mol. The number of quaternary nitrogens is 2. The van der Waals surface area contributed by atoms with E-state index in [0.717, 1.165) is 18.8 Å². The molecule has 1 fully saturated rings. The van der Waals surface area contributed by atoms with Crippen molar-refractivity contribution in [1.29, 1.82) is 0 Å². The normalized spacial score (nSPS) is 17.0. The van der Waals surface area contributed by atoms with Gasteiger partial charge in [-0.25, -0.2) is 0 Å². The molecule has 0 atom stereocenters. The minimum Gasteiger partial charge on any atom is -0.493 e. The van der Waals surface area contributed by atoms with E-state index in [1.807, 2.05) is 12.1 Å². The summed E-state index contributed by atoms with van der Waals surface area (Å²) in [5, 5.41) is 2.41. The van der Waals surface area contributed by atoms with Crippen LogP contribution in [-0.4, -0.2) is 39.3 Å². The molecule has 4 heteroatoms. The van der Waals surface area contributed by atoms with E-state index in [4.69, 9.17) is 4.74 Å². The number of hydrogen-bond donors (Lipinski definition) is 2. The first kappa shape index (κ1) is 13.1. The molecule has 0 radical (unpaired) electrons. The van der Waals surface area contributed by atoms with Crippen LogP contribution in [0.25, 0.3) is 0 Å². The van der Waals surface area contributed by atoms with E-state index in [2.05, 4.69) is 40.0 Å². The van der Waals surface area contributed by atoms with Gasteiger partial charge in [0.05, 0.1) is 13.2 Å². The average Bonchev–Trinajstić information content (AvgIpc) is 2.38. The van der Waals surface area contributed by atoms with E-state index in [1.165, 1.54) is 36.3 Å². The van der Waals surface area contributed by atoms with Gasteiger partial charge in [-0.2, -0.15) is 0 Å². The third-order valence-electron chi connectivity index (χ3n) is 3.16. The zero-order valence-corrected chi connectivity index (χ0v) is 12.3. The molecule has 1 aromatic rings. The van der Waals surface area contributed by atoms with Crippen LogP contribution < -0.4 is 15.0 Å². The van der Waals surface area contributed by atoms with Crippen molar-refractivity contribution < 1.29 is 15.0 Å². The Kier molecular flexibility index (Phi) is 5.54. The highest BCUT2D eigenvalue weighted by Crippen LogP contribution is 2.13. The fraction of sp³-hybridized carbons (Fsp3) is 0.538. The number of ether oxygens (including phenoxy) is 1. The van der Waals surface area contributed by atoms with Gasteiger partial charge in [0.25, 0.3) is 0 Å². The van der Waals surface area contributed by atoms with E-state index in [0.29, 0.717) is 0 Å². The predicted molar refractivity (Wildman–Crippen MR) is 76.5 cm³/mol. The summed E-state index contributed by atoms with van der Waals surface area (Å²) in [5.41, 5.74) is 0. The maximum atomic E-state index is 5.73. The van der Waals surface area contributed by atoms with Crippen molar-refractivity contribution in [2.24, 2.45) is 0 Å². The molecule has 0 spiro atoms. The summed E-state index contributed by atoms with van der Waals surface area (Å²) in [6, 6.07) is 8.26. The molecule has 1 aromatic carbocycles. The topological polar surface area (TPSA) is 30.3 Å². The minimum absolute atomic E-state index is 0.841. The molecule has 0 saturated carbocycles. The van der Waals surface area contributed by atoms with E-state index in [9.17, 15) is 0 Å². The highest BCUT2D eigenvalue weighted by molar-refractivity contribution is 14.1. The predicted octanol–water partition coefficient (Wildman–Crippen LogP) is -0.478. The molecule has 0 amide bonds. The van der Waals surface area contributed by atoms with Gasteiger partial charge in [-0.3, -0.25) is 0 Å². The second-order valence-electron chi connectivity index (χ2n) is 4.52. The van der Waals surface area contributed by atoms with E-state index < -0.39 is 0 Å². The zero-order valence-electron chi connectivity index (χ0n) is 10.1. The molecular formula is C13H21IN2O+2. The first-order valence-corrected chi connectivity index (χ1v) is 7.46. The molecule has 2 rings (SSSR count). The van der Waals surface area contributed by atoms with Gasteiger partial charge >= 0.3 is 0 Å². The average molecular weight is 348 g/mol. The van der Waals surface area contributed by atoms with Crippen molar-refractivity contribution >= 4 is 22.6 Å². The number of benzene rings is 1. The van der Waals surface area contributed by atoms with E-state index >= 15 is 0 Å². The van der Waals surface area contributed by atoms with Gasteiger partial charge in [0.15, 0.2) is 0 Å². The Morgan fingerprint density at radius 2 is 1.88 bits per heavy atom. The molecular weight excluding hydrogens is 327 g/mol. The fourth-order valence-corrected chi connectivity index (χ4v) is 2.53. The van der Waals surface area contributed by atoms with Gasteiger partial charge in [-0.05, 0) is 46.9 Å². The Hall–Kier alpha value is -0.330. The van der Waals surface area contributed by atoms with Gasteiger partial charge < -0.3 is 15.0 Å². The molecule has 3 nitrogen and oxygen atoms in total. The molecule has 0 unspecified atom stereocenters. The maximum Gasteiger partial charge on any atom is 0.127 e. The minimum atomic E-state index is 0.841. The number of halogens is 1. The third-order valence-corrected chi connectivity index (χ3v) is 3.88. The standard InChI is InChI=1S/C13H19IN2O/c14-12-2-4-13(5-3-12)17-11-1-8-16-9-6-15-7-10-16/h2-5,15H,1,6-11H2/p+2. The van der Waals surface area contributed by atoms with Crippen molar-refractivity contribution in [2.75, 3.05) is 39.3 Å². The fourth-order valence-electron chi connectivity index (χ4n) is 2.17. The lowest BCUT2D eigenvalue weighted by Crippen LogP contribution is -3.20. The highest BCUT2D eigenvalue weighted by atomic mass is 127. The van der Waals surface area contributed by atoms with Crippen molar-refractivity contribution in [3.8, 4) is 5.75 Å². The van der Waals surface area contributed by atoms with Gasteiger partial charge in [-0.1, -0.05) is 0 Å². The van der Waals surface area contributed by atoms with Crippen LogP contribution in [0.3, 0.4) is 0 Å². The van der Waals surface area contributed by atoms with Crippen LogP contribution in [0.4, 0.5) is 0 Å². The van der Waals surface area contributed by atoms with Crippen LogP contribution in [0.1, 0.15) is 6.42 Å². The molecule has 3 N–H and O–H groups in total. The molecule has 1 saturated heterocycles. The van der Waals surface area contributed by atoms with Crippen LogP contribution in [-0.2, 0) is 0 Å².